The Morgan fingerprint density at radius 1 is 1.39 bits per heavy atom. The molecule has 0 aliphatic heterocycles. The average Bonchev–Trinajstić information content (AvgIpc) is 2.34. The molecule has 2 rings (SSSR count). The minimum Gasteiger partial charge on any atom is -0.367 e. The molecule has 1 aliphatic carbocycles. The summed E-state index contributed by atoms with van der Waals surface area (Å²) in [5.41, 5.74) is 0.300. The van der Waals surface area contributed by atoms with Gasteiger partial charge in [-0.15, -0.1) is 0 Å². The van der Waals surface area contributed by atoms with E-state index in [4.69, 9.17) is 0 Å². The minimum atomic E-state index is -0.389. The predicted molar refractivity (Wildman–Crippen MR) is 71.2 cm³/mol. The highest BCUT2D eigenvalue weighted by Gasteiger charge is 2.31. The first kappa shape index (κ1) is 13.1. The van der Waals surface area contributed by atoms with Crippen LogP contribution in [0.3, 0.4) is 0 Å². The molecule has 0 saturated heterocycles. The molecule has 0 atom stereocenters. The summed E-state index contributed by atoms with van der Waals surface area (Å²) in [5, 5.41) is 6.16. The summed E-state index contributed by atoms with van der Waals surface area (Å²) in [6.45, 7) is 5.85. The molecule has 18 heavy (non-hydrogen) atoms. The van der Waals surface area contributed by atoms with Crippen LogP contribution in [0.4, 0.5) is 16.2 Å². The van der Waals surface area contributed by atoms with Crippen LogP contribution in [-0.2, 0) is 0 Å². The smallest absolute Gasteiger partial charge is 0.224 e. The van der Waals surface area contributed by atoms with Gasteiger partial charge in [0, 0.05) is 13.1 Å². The summed E-state index contributed by atoms with van der Waals surface area (Å²) in [7, 11) is 0. The largest absolute Gasteiger partial charge is 0.367 e. The van der Waals surface area contributed by atoms with Crippen molar-refractivity contribution in [3.63, 3.8) is 0 Å². The second-order valence-corrected chi connectivity index (χ2v) is 5.33. The van der Waals surface area contributed by atoms with Crippen LogP contribution >= 0.6 is 0 Å². The molecule has 1 fully saturated rings. The maximum Gasteiger partial charge on any atom is 0.224 e. The molecule has 0 amide bonds. The van der Waals surface area contributed by atoms with Crippen molar-refractivity contribution in [2.45, 2.75) is 39.5 Å². The molecule has 0 bridgehead atoms. The number of rotatable bonds is 6. The average molecular weight is 252 g/mol. The van der Waals surface area contributed by atoms with E-state index in [-0.39, 0.29) is 5.82 Å². The van der Waals surface area contributed by atoms with Crippen LogP contribution in [0.1, 0.15) is 39.5 Å². The molecule has 2 N–H and O–H groups in total. The van der Waals surface area contributed by atoms with Crippen LogP contribution in [0.15, 0.2) is 6.20 Å². The molecule has 0 spiro atoms. The maximum atomic E-state index is 13.6. The van der Waals surface area contributed by atoms with Gasteiger partial charge < -0.3 is 10.6 Å². The summed E-state index contributed by atoms with van der Waals surface area (Å²) >= 11 is 0. The van der Waals surface area contributed by atoms with E-state index < -0.39 is 0 Å². The molecule has 0 unspecified atom stereocenters. The Morgan fingerprint density at radius 2 is 2.17 bits per heavy atom. The zero-order valence-corrected chi connectivity index (χ0v) is 11.1. The Morgan fingerprint density at radius 3 is 2.78 bits per heavy atom. The minimum absolute atomic E-state index is 0.300. The van der Waals surface area contributed by atoms with Crippen molar-refractivity contribution in [3.8, 4) is 0 Å². The highest BCUT2D eigenvalue weighted by molar-refractivity contribution is 5.41. The van der Waals surface area contributed by atoms with Gasteiger partial charge >= 0.3 is 0 Å². The fourth-order valence-corrected chi connectivity index (χ4v) is 2.07. The highest BCUT2D eigenvalue weighted by atomic mass is 19.1. The van der Waals surface area contributed by atoms with Crippen LogP contribution < -0.4 is 10.6 Å². The van der Waals surface area contributed by atoms with Crippen molar-refractivity contribution in [2.75, 3.05) is 23.7 Å². The number of aromatic nitrogens is 2. The van der Waals surface area contributed by atoms with Crippen molar-refractivity contribution in [1.82, 2.24) is 9.97 Å². The zero-order chi connectivity index (χ0) is 13.0. The Balaban J connectivity index is 1.97. The van der Waals surface area contributed by atoms with Crippen molar-refractivity contribution in [1.29, 1.82) is 0 Å². The van der Waals surface area contributed by atoms with Crippen molar-refractivity contribution >= 4 is 11.8 Å². The molecule has 1 aromatic heterocycles. The Hall–Kier alpha value is -1.39. The van der Waals surface area contributed by atoms with E-state index in [9.17, 15) is 4.39 Å². The molecule has 4 nitrogen and oxygen atoms in total. The molecule has 1 saturated carbocycles. The van der Waals surface area contributed by atoms with Crippen LogP contribution in [0.25, 0.3) is 0 Å². The maximum absolute atomic E-state index is 13.6. The normalized spacial score (nSPS) is 17.1. The number of hydrogen-bond acceptors (Lipinski definition) is 4. The van der Waals surface area contributed by atoms with Gasteiger partial charge in [-0.1, -0.05) is 20.3 Å². The number of nitrogens with zero attached hydrogens (tertiary/aromatic N) is 2. The van der Waals surface area contributed by atoms with E-state index in [2.05, 4.69) is 34.4 Å². The lowest BCUT2D eigenvalue weighted by Crippen LogP contribution is -2.33. The molecule has 1 aliphatic rings. The van der Waals surface area contributed by atoms with Crippen molar-refractivity contribution in [3.05, 3.63) is 12.0 Å². The summed E-state index contributed by atoms with van der Waals surface area (Å²) in [5.74, 6) is 0.399. The number of halogens is 1. The Labute approximate surface area is 107 Å². The topological polar surface area (TPSA) is 49.8 Å². The number of anilines is 2. The van der Waals surface area contributed by atoms with Gasteiger partial charge in [-0.3, -0.25) is 0 Å². The van der Waals surface area contributed by atoms with Crippen molar-refractivity contribution in [2.24, 2.45) is 5.41 Å². The second-order valence-electron chi connectivity index (χ2n) is 5.33. The zero-order valence-electron chi connectivity index (χ0n) is 11.1. The summed E-state index contributed by atoms with van der Waals surface area (Å²) in [4.78, 5) is 8.08. The summed E-state index contributed by atoms with van der Waals surface area (Å²) in [6, 6.07) is 0. The number of nitrogens with one attached hydrogen (secondary N) is 2. The standard InChI is InChI=1S/C13H21FN4/c1-3-7-15-12-16-8-10(14)11(18-12)17-9-13(2)5-4-6-13/h8H,3-7,9H2,1-2H3,(H2,15,16,17,18). The first-order valence-electron chi connectivity index (χ1n) is 6.63. The molecule has 0 radical (unpaired) electrons. The third-order valence-corrected chi connectivity index (χ3v) is 3.52. The first-order chi connectivity index (χ1) is 8.63. The van der Waals surface area contributed by atoms with E-state index in [1.54, 1.807) is 0 Å². The Bertz CT molecular complexity index is 404. The van der Waals surface area contributed by atoms with Crippen LogP contribution in [0, 0.1) is 11.2 Å². The van der Waals surface area contributed by atoms with E-state index in [1.165, 1.54) is 25.5 Å². The lowest BCUT2D eigenvalue weighted by atomic mass is 9.70. The number of hydrogen-bond donors (Lipinski definition) is 2. The van der Waals surface area contributed by atoms with Gasteiger partial charge in [-0.25, -0.2) is 9.37 Å². The predicted octanol–water partition coefficient (Wildman–Crippen LogP) is 3.04. The van der Waals surface area contributed by atoms with Gasteiger partial charge in [-0.2, -0.15) is 4.98 Å². The quantitative estimate of drug-likeness (QED) is 0.817. The van der Waals surface area contributed by atoms with E-state index in [0.717, 1.165) is 19.5 Å². The van der Waals surface area contributed by atoms with Crippen LogP contribution in [0.5, 0.6) is 0 Å². The molecule has 100 valence electrons. The van der Waals surface area contributed by atoms with Crippen molar-refractivity contribution < 1.29 is 4.39 Å². The van der Waals surface area contributed by atoms with E-state index in [0.29, 0.717) is 17.2 Å². The monoisotopic (exact) mass is 252 g/mol. The molecule has 1 heterocycles. The summed E-state index contributed by atoms with van der Waals surface area (Å²) < 4.78 is 13.6. The van der Waals surface area contributed by atoms with E-state index in [1.807, 2.05) is 0 Å². The third kappa shape index (κ3) is 3.09. The lowest BCUT2D eigenvalue weighted by Gasteiger charge is -2.38. The van der Waals surface area contributed by atoms with Gasteiger partial charge in [0.2, 0.25) is 5.95 Å². The fraction of sp³-hybridized carbons (Fsp3) is 0.692. The molecule has 5 heteroatoms. The second kappa shape index (κ2) is 5.50. The third-order valence-electron chi connectivity index (χ3n) is 3.52. The molecule has 1 aromatic rings. The highest BCUT2D eigenvalue weighted by Crippen LogP contribution is 2.40. The molecular weight excluding hydrogens is 231 g/mol. The fourth-order valence-electron chi connectivity index (χ4n) is 2.07. The van der Waals surface area contributed by atoms with Gasteiger partial charge in [0.1, 0.15) is 0 Å². The van der Waals surface area contributed by atoms with Gasteiger partial charge in [0.15, 0.2) is 11.6 Å². The van der Waals surface area contributed by atoms with E-state index >= 15 is 0 Å². The van der Waals surface area contributed by atoms with Crippen LogP contribution in [0.2, 0.25) is 0 Å². The molecule has 0 aromatic carbocycles. The van der Waals surface area contributed by atoms with Gasteiger partial charge in [0.25, 0.3) is 0 Å². The van der Waals surface area contributed by atoms with Gasteiger partial charge in [-0.05, 0) is 24.7 Å². The SMILES string of the molecule is CCCNc1ncc(F)c(NCC2(C)CCC2)n1. The Kier molecular flexibility index (Phi) is 3.99. The lowest BCUT2D eigenvalue weighted by molar-refractivity contribution is 0.179. The first-order valence-corrected chi connectivity index (χ1v) is 6.63. The van der Waals surface area contributed by atoms with Gasteiger partial charge in [0.05, 0.1) is 6.20 Å². The van der Waals surface area contributed by atoms with Crippen LogP contribution in [-0.4, -0.2) is 23.1 Å². The molecular formula is C13H21FN4. The summed E-state index contributed by atoms with van der Waals surface area (Å²) in [6.07, 6.45) is 5.88.